The van der Waals surface area contributed by atoms with Crippen molar-refractivity contribution in [2.75, 3.05) is 21.3 Å². The summed E-state index contributed by atoms with van der Waals surface area (Å²) in [6.45, 7) is 0. The first-order valence-electron chi connectivity index (χ1n) is 7.70. The fourth-order valence-corrected chi connectivity index (χ4v) is 3.57. The number of benzene rings is 2. The standard InChI is InChI=1S/C17H15N5O3S/c1-23-12-8-10(9-13(24-2)15(12)25-3)16-19-20-21-22(16)17-18-11-6-4-5-7-14(11)26-17/h4-9H,1-3H3. The number of hydrogen-bond acceptors (Lipinski definition) is 8. The van der Waals surface area contributed by atoms with Crippen molar-refractivity contribution >= 4 is 21.6 Å². The minimum Gasteiger partial charge on any atom is -0.493 e. The second-order valence-electron chi connectivity index (χ2n) is 5.29. The SMILES string of the molecule is COc1cc(-c2nnnn2-c2nc3ccccc3s2)cc(OC)c1OC. The molecule has 4 aromatic rings. The van der Waals surface area contributed by atoms with Crippen molar-refractivity contribution < 1.29 is 14.2 Å². The van der Waals surface area contributed by atoms with Gasteiger partial charge in [0.2, 0.25) is 10.9 Å². The second-order valence-corrected chi connectivity index (χ2v) is 6.30. The van der Waals surface area contributed by atoms with Crippen LogP contribution in [0.15, 0.2) is 36.4 Å². The Morgan fingerprint density at radius 3 is 2.35 bits per heavy atom. The van der Waals surface area contributed by atoms with Crippen LogP contribution >= 0.6 is 11.3 Å². The molecule has 0 aliphatic rings. The number of hydrogen-bond donors (Lipinski definition) is 0. The molecule has 2 heterocycles. The van der Waals surface area contributed by atoms with E-state index >= 15 is 0 Å². The summed E-state index contributed by atoms with van der Waals surface area (Å²) in [4.78, 5) is 4.61. The van der Waals surface area contributed by atoms with E-state index in [9.17, 15) is 0 Å². The van der Waals surface area contributed by atoms with Crippen molar-refractivity contribution in [3.8, 4) is 33.8 Å². The Labute approximate surface area is 153 Å². The Morgan fingerprint density at radius 2 is 1.69 bits per heavy atom. The van der Waals surface area contributed by atoms with Gasteiger partial charge in [0.15, 0.2) is 17.3 Å². The van der Waals surface area contributed by atoms with Gasteiger partial charge in [-0.05, 0) is 34.7 Å². The highest BCUT2D eigenvalue weighted by molar-refractivity contribution is 7.20. The number of ether oxygens (including phenoxy) is 3. The number of tetrazole rings is 1. The van der Waals surface area contributed by atoms with Gasteiger partial charge in [-0.1, -0.05) is 23.5 Å². The fourth-order valence-electron chi connectivity index (χ4n) is 2.66. The van der Waals surface area contributed by atoms with Crippen LogP contribution in [0.25, 0.3) is 26.7 Å². The summed E-state index contributed by atoms with van der Waals surface area (Å²) in [5.41, 5.74) is 1.63. The Hall–Kier alpha value is -3.20. The molecule has 0 amide bonds. The predicted molar refractivity (Wildman–Crippen MR) is 97.4 cm³/mol. The van der Waals surface area contributed by atoms with E-state index in [1.165, 1.54) is 11.3 Å². The number of fused-ring (bicyclic) bond motifs is 1. The summed E-state index contributed by atoms with van der Waals surface area (Å²) in [7, 11) is 4.69. The van der Waals surface area contributed by atoms with Gasteiger partial charge < -0.3 is 14.2 Å². The third kappa shape index (κ3) is 2.62. The maximum atomic E-state index is 5.42. The molecule has 0 saturated carbocycles. The molecule has 0 bridgehead atoms. The molecule has 0 aliphatic carbocycles. The number of thiazole rings is 1. The zero-order valence-corrected chi connectivity index (χ0v) is 15.1. The van der Waals surface area contributed by atoms with Gasteiger partial charge in [-0.15, -0.1) is 5.10 Å². The monoisotopic (exact) mass is 369 g/mol. The van der Waals surface area contributed by atoms with Crippen LogP contribution in [0, 0.1) is 0 Å². The first-order chi connectivity index (χ1) is 12.7. The van der Waals surface area contributed by atoms with Crippen LogP contribution < -0.4 is 14.2 Å². The van der Waals surface area contributed by atoms with Gasteiger partial charge >= 0.3 is 0 Å². The van der Waals surface area contributed by atoms with E-state index in [0.29, 0.717) is 28.2 Å². The maximum absolute atomic E-state index is 5.42. The van der Waals surface area contributed by atoms with E-state index in [2.05, 4.69) is 20.5 Å². The van der Waals surface area contributed by atoms with Gasteiger partial charge in [-0.3, -0.25) is 0 Å². The highest BCUT2D eigenvalue weighted by Gasteiger charge is 2.19. The number of para-hydroxylation sites is 1. The largest absolute Gasteiger partial charge is 0.493 e. The molecular weight excluding hydrogens is 354 g/mol. The molecule has 2 aromatic heterocycles. The number of nitrogens with zero attached hydrogens (tertiary/aromatic N) is 5. The molecular formula is C17H15N5O3S. The number of rotatable bonds is 5. The van der Waals surface area contributed by atoms with E-state index in [0.717, 1.165) is 15.8 Å². The molecule has 0 atom stereocenters. The zero-order chi connectivity index (χ0) is 18.1. The van der Waals surface area contributed by atoms with E-state index in [-0.39, 0.29) is 0 Å². The lowest BCUT2D eigenvalue weighted by molar-refractivity contribution is 0.324. The molecule has 0 N–H and O–H groups in total. The summed E-state index contributed by atoms with van der Waals surface area (Å²) < 4.78 is 18.9. The van der Waals surface area contributed by atoms with Gasteiger partial charge in [0.25, 0.3) is 0 Å². The molecule has 2 aromatic carbocycles. The van der Waals surface area contributed by atoms with Crippen molar-refractivity contribution in [3.05, 3.63) is 36.4 Å². The first-order valence-corrected chi connectivity index (χ1v) is 8.51. The molecule has 132 valence electrons. The molecule has 0 saturated heterocycles. The lowest BCUT2D eigenvalue weighted by Crippen LogP contribution is -2.01. The average molecular weight is 369 g/mol. The molecule has 8 nitrogen and oxygen atoms in total. The van der Waals surface area contributed by atoms with E-state index in [1.807, 2.05) is 24.3 Å². The average Bonchev–Trinajstić information content (AvgIpc) is 3.33. The normalized spacial score (nSPS) is 10.9. The molecule has 0 aliphatic heterocycles. The number of methoxy groups -OCH3 is 3. The van der Waals surface area contributed by atoms with Crippen molar-refractivity contribution in [1.29, 1.82) is 0 Å². The van der Waals surface area contributed by atoms with Gasteiger partial charge in [0.1, 0.15) is 0 Å². The number of aromatic nitrogens is 5. The maximum Gasteiger partial charge on any atom is 0.215 e. The van der Waals surface area contributed by atoms with Crippen LogP contribution in [-0.2, 0) is 0 Å². The highest BCUT2D eigenvalue weighted by atomic mass is 32.1. The topological polar surface area (TPSA) is 84.2 Å². The first kappa shape index (κ1) is 16.3. The quantitative estimate of drug-likeness (QED) is 0.535. The van der Waals surface area contributed by atoms with Gasteiger partial charge in [-0.2, -0.15) is 4.68 Å². The van der Waals surface area contributed by atoms with Gasteiger partial charge in [0.05, 0.1) is 31.5 Å². The molecule has 0 spiro atoms. The summed E-state index contributed by atoms with van der Waals surface area (Å²) in [5.74, 6) is 2.10. The molecule has 0 radical (unpaired) electrons. The van der Waals surface area contributed by atoms with E-state index in [1.54, 1.807) is 38.1 Å². The van der Waals surface area contributed by atoms with Crippen molar-refractivity contribution in [3.63, 3.8) is 0 Å². The summed E-state index contributed by atoms with van der Waals surface area (Å²) in [6.07, 6.45) is 0. The van der Waals surface area contributed by atoms with Crippen molar-refractivity contribution in [2.45, 2.75) is 0 Å². The molecule has 0 unspecified atom stereocenters. The van der Waals surface area contributed by atoms with E-state index in [4.69, 9.17) is 14.2 Å². The third-order valence-electron chi connectivity index (χ3n) is 3.86. The van der Waals surface area contributed by atoms with Crippen molar-refractivity contribution in [2.24, 2.45) is 0 Å². The van der Waals surface area contributed by atoms with Crippen LogP contribution in [0.3, 0.4) is 0 Å². The molecule has 26 heavy (non-hydrogen) atoms. The van der Waals surface area contributed by atoms with Crippen LogP contribution in [0.4, 0.5) is 0 Å². The van der Waals surface area contributed by atoms with Crippen molar-refractivity contribution in [1.82, 2.24) is 25.2 Å². The Kier molecular flexibility index (Phi) is 4.13. The predicted octanol–water partition coefficient (Wildman–Crippen LogP) is 2.96. The van der Waals surface area contributed by atoms with Gasteiger partial charge in [0, 0.05) is 5.56 Å². The molecule has 4 rings (SSSR count). The Bertz CT molecular complexity index is 1020. The van der Waals surface area contributed by atoms with Crippen LogP contribution in [0.1, 0.15) is 0 Å². The fraction of sp³-hybridized carbons (Fsp3) is 0.176. The lowest BCUT2D eigenvalue weighted by atomic mass is 10.1. The van der Waals surface area contributed by atoms with E-state index < -0.39 is 0 Å². The summed E-state index contributed by atoms with van der Waals surface area (Å²) >= 11 is 1.51. The summed E-state index contributed by atoms with van der Waals surface area (Å²) in [5, 5.41) is 12.8. The summed E-state index contributed by atoms with van der Waals surface area (Å²) in [6, 6.07) is 11.5. The minimum atomic E-state index is 0.512. The molecule has 0 fully saturated rings. The van der Waals surface area contributed by atoms with Gasteiger partial charge in [-0.25, -0.2) is 4.98 Å². The van der Waals surface area contributed by atoms with Crippen LogP contribution in [0.5, 0.6) is 17.2 Å². The Morgan fingerprint density at radius 1 is 0.962 bits per heavy atom. The molecule has 9 heteroatoms. The van der Waals surface area contributed by atoms with Crippen LogP contribution in [0.2, 0.25) is 0 Å². The minimum absolute atomic E-state index is 0.512. The highest BCUT2D eigenvalue weighted by Crippen LogP contribution is 2.41. The second kappa shape index (κ2) is 6.60. The lowest BCUT2D eigenvalue weighted by Gasteiger charge is -2.13. The third-order valence-corrected chi connectivity index (χ3v) is 4.87. The van der Waals surface area contributed by atoms with Crippen LogP contribution in [-0.4, -0.2) is 46.5 Å². The Balaban J connectivity index is 1.87. The zero-order valence-electron chi connectivity index (χ0n) is 14.3. The smallest absolute Gasteiger partial charge is 0.215 e.